The molecule has 0 amide bonds. The number of nitrogen functional groups attached to an aromatic ring is 1. The summed E-state index contributed by atoms with van der Waals surface area (Å²) in [6, 6.07) is 5.52. The first-order chi connectivity index (χ1) is 7.99. The molecule has 0 aliphatic carbocycles. The van der Waals surface area contributed by atoms with E-state index in [0.29, 0.717) is 10.7 Å². The lowest BCUT2D eigenvalue weighted by Gasteiger charge is -2.05. The zero-order chi connectivity index (χ0) is 12.6. The normalized spacial score (nSPS) is 10.8. The number of hydrogen-bond donors (Lipinski definition) is 1. The number of hydrogen-bond acceptors (Lipinski definition) is 3. The van der Waals surface area contributed by atoms with Crippen LogP contribution in [0.2, 0.25) is 5.02 Å². The van der Waals surface area contributed by atoms with Gasteiger partial charge < -0.3 is 10.3 Å². The Balaban J connectivity index is 2.34. The van der Waals surface area contributed by atoms with E-state index in [-0.39, 0.29) is 0 Å². The summed E-state index contributed by atoms with van der Waals surface area (Å²) >= 11 is 7.69. The van der Waals surface area contributed by atoms with Gasteiger partial charge in [-0.3, -0.25) is 0 Å². The Hall–Kier alpha value is -1.13. The fourth-order valence-corrected chi connectivity index (χ4v) is 2.73. The van der Waals surface area contributed by atoms with Crippen molar-refractivity contribution in [1.82, 2.24) is 9.55 Å². The van der Waals surface area contributed by atoms with Gasteiger partial charge in [0.15, 0.2) is 5.16 Å². The lowest BCUT2D eigenvalue weighted by atomic mass is 10.3. The molecule has 0 fully saturated rings. The number of halogens is 1. The average molecular weight is 268 g/mol. The molecular formula is C12H14ClN3S. The van der Waals surface area contributed by atoms with Gasteiger partial charge in [-0.2, -0.15) is 0 Å². The Kier molecular flexibility index (Phi) is 3.35. The lowest BCUT2D eigenvalue weighted by molar-refractivity contribution is 0.766. The number of nitrogens with zero attached hydrogens (tertiary/aromatic N) is 2. The van der Waals surface area contributed by atoms with E-state index in [4.69, 9.17) is 17.3 Å². The van der Waals surface area contributed by atoms with Gasteiger partial charge >= 0.3 is 0 Å². The van der Waals surface area contributed by atoms with Crippen LogP contribution >= 0.6 is 23.4 Å². The third-order valence-electron chi connectivity index (χ3n) is 2.73. The summed E-state index contributed by atoms with van der Waals surface area (Å²) in [5.74, 6) is 0. The Morgan fingerprint density at radius 3 is 2.59 bits per heavy atom. The number of benzene rings is 1. The highest BCUT2D eigenvalue weighted by atomic mass is 35.5. The van der Waals surface area contributed by atoms with Crippen molar-refractivity contribution in [3.63, 3.8) is 0 Å². The van der Waals surface area contributed by atoms with Crippen molar-refractivity contribution in [3.05, 3.63) is 34.6 Å². The third kappa shape index (κ3) is 2.42. The number of aromatic nitrogens is 2. The van der Waals surface area contributed by atoms with E-state index in [1.807, 2.05) is 26.1 Å². The van der Waals surface area contributed by atoms with Gasteiger partial charge in [-0.1, -0.05) is 23.4 Å². The fraction of sp³-hybridized carbons (Fsp3) is 0.250. The number of rotatable bonds is 2. The van der Waals surface area contributed by atoms with Crippen LogP contribution in [0.25, 0.3) is 0 Å². The minimum Gasteiger partial charge on any atom is -0.399 e. The van der Waals surface area contributed by atoms with Gasteiger partial charge in [-0.25, -0.2) is 4.98 Å². The zero-order valence-corrected chi connectivity index (χ0v) is 11.6. The van der Waals surface area contributed by atoms with Gasteiger partial charge in [0, 0.05) is 23.3 Å². The molecule has 2 N–H and O–H groups in total. The quantitative estimate of drug-likeness (QED) is 0.848. The highest BCUT2D eigenvalue weighted by molar-refractivity contribution is 7.99. The molecule has 90 valence electrons. The van der Waals surface area contributed by atoms with Gasteiger partial charge in [-0.05, 0) is 32.0 Å². The topological polar surface area (TPSA) is 43.8 Å². The molecule has 0 aliphatic heterocycles. The van der Waals surface area contributed by atoms with Crippen LogP contribution in [0.5, 0.6) is 0 Å². The molecule has 2 rings (SSSR count). The summed E-state index contributed by atoms with van der Waals surface area (Å²) in [7, 11) is 2.00. The minimum absolute atomic E-state index is 0.660. The van der Waals surface area contributed by atoms with Crippen LogP contribution in [-0.2, 0) is 7.05 Å². The first-order valence-corrected chi connectivity index (χ1v) is 6.41. The Bertz CT molecular complexity index is 563. The number of anilines is 1. The van der Waals surface area contributed by atoms with Crippen LogP contribution in [0, 0.1) is 13.8 Å². The van der Waals surface area contributed by atoms with E-state index in [0.717, 1.165) is 15.7 Å². The maximum absolute atomic E-state index is 6.14. The molecule has 0 radical (unpaired) electrons. The molecule has 1 aromatic carbocycles. The number of imidazole rings is 1. The minimum atomic E-state index is 0.660. The molecule has 0 saturated carbocycles. The predicted octanol–water partition coefficient (Wildman–Crippen LogP) is 3.42. The van der Waals surface area contributed by atoms with Crippen molar-refractivity contribution in [2.24, 2.45) is 7.05 Å². The van der Waals surface area contributed by atoms with Crippen LogP contribution in [-0.4, -0.2) is 9.55 Å². The summed E-state index contributed by atoms with van der Waals surface area (Å²) in [6.07, 6.45) is 0. The summed E-state index contributed by atoms with van der Waals surface area (Å²) in [5.41, 5.74) is 8.55. The average Bonchev–Trinajstić information content (AvgIpc) is 2.50. The highest BCUT2D eigenvalue weighted by Crippen LogP contribution is 2.34. The SMILES string of the molecule is Cc1nc(Sc2ccc(N)cc2Cl)n(C)c1C. The van der Waals surface area contributed by atoms with Crippen LogP contribution in [0.1, 0.15) is 11.4 Å². The molecule has 0 unspecified atom stereocenters. The van der Waals surface area contributed by atoms with Crippen molar-refractivity contribution in [2.45, 2.75) is 23.9 Å². The zero-order valence-electron chi connectivity index (χ0n) is 9.99. The highest BCUT2D eigenvalue weighted by Gasteiger charge is 2.11. The standard InChI is InChI=1S/C12H14ClN3S/c1-7-8(2)16(3)12(15-7)17-11-5-4-9(14)6-10(11)13/h4-6H,14H2,1-3H3. The van der Waals surface area contributed by atoms with Gasteiger partial charge in [0.2, 0.25) is 0 Å². The van der Waals surface area contributed by atoms with Crippen molar-refractivity contribution in [2.75, 3.05) is 5.73 Å². The molecule has 1 aromatic heterocycles. The van der Waals surface area contributed by atoms with Crippen molar-refractivity contribution < 1.29 is 0 Å². The molecule has 17 heavy (non-hydrogen) atoms. The second-order valence-electron chi connectivity index (χ2n) is 3.92. The third-order valence-corrected chi connectivity index (χ3v) is 4.28. The van der Waals surface area contributed by atoms with Gasteiger partial charge in [0.25, 0.3) is 0 Å². The number of nitrogens with two attached hydrogens (primary N) is 1. The largest absolute Gasteiger partial charge is 0.399 e. The first-order valence-electron chi connectivity index (χ1n) is 5.22. The molecule has 0 aliphatic rings. The maximum atomic E-state index is 6.14. The van der Waals surface area contributed by atoms with Crippen molar-refractivity contribution >= 4 is 29.1 Å². The molecule has 1 heterocycles. The van der Waals surface area contributed by atoms with E-state index in [1.54, 1.807) is 17.8 Å². The summed E-state index contributed by atoms with van der Waals surface area (Å²) < 4.78 is 2.06. The molecule has 0 atom stereocenters. The number of aryl methyl sites for hydroxylation is 1. The van der Waals surface area contributed by atoms with Crippen molar-refractivity contribution in [3.8, 4) is 0 Å². The van der Waals surface area contributed by atoms with E-state index >= 15 is 0 Å². The molecular weight excluding hydrogens is 254 g/mol. The first kappa shape index (κ1) is 12.3. The van der Waals surface area contributed by atoms with E-state index in [2.05, 4.69) is 16.5 Å². The maximum Gasteiger partial charge on any atom is 0.173 e. The van der Waals surface area contributed by atoms with Gasteiger partial charge in [0.05, 0.1) is 10.7 Å². The Labute approximate surface area is 110 Å². The van der Waals surface area contributed by atoms with Gasteiger partial charge in [0.1, 0.15) is 0 Å². The summed E-state index contributed by atoms with van der Waals surface area (Å²) in [6.45, 7) is 4.06. The van der Waals surface area contributed by atoms with Crippen LogP contribution in [0.3, 0.4) is 0 Å². The van der Waals surface area contributed by atoms with E-state index in [1.165, 1.54) is 5.69 Å². The predicted molar refractivity (Wildman–Crippen MR) is 72.7 cm³/mol. The Morgan fingerprint density at radius 1 is 1.35 bits per heavy atom. The molecule has 0 saturated heterocycles. The van der Waals surface area contributed by atoms with E-state index in [9.17, 15) is 0 Å². The molecule has 3 nitrogen and oxygen atoms in total. The second-order valence-corrected chi connectivity index (χ2v) is 5.33. The fourth-order valence-electron chi connectivity index (χ4n) is 1.48. The van der Waals surface area contributed by atoms with Crippen LogP contribution in [0.15, 0.2) is 28.3 Å². The molecule has 2 aromatic rings. The monoisotopic (exact) mass is 267 g/mol. The smallest absolute Gasteiger partial charge is 0.173 e. The van der Waals surface area contributed by atoms with E-state index < -0.39 is 0 Å². The molecule has 0 bridgehead atoms. The second kappa shape index (κ2) is 4.63. The molecule has 5 heteroatoms. The van der Waals surface area contributed by atoms with Crippen molar-refractivity contribution in [1.29, 1.82) is 0 Å². The summed E-state index contributed by atoms with van der Waals surface area (Å²) in [5, 5.41) is 1.60. The van der Waals surface area contributed by atoms with Crippen LogP contribution < -0.4 is 5.73 Å². The lowest BCUT2D eigenvalue weighted by Crippen LogP contribution is -1.93. The van der Waals surface area contributed by atoms with Gasteiger partial charge in [-0.15, -0.1) is 0 Å². The molecule has 0 spiro atoms. The Morgan fingerprint density at radius 2 is 2.06 bits per heavy atom. The van der Waals surface area contributed by atoms with Crippen LogP contribution in [0.4, 0.5) is 5.69 Å². The summed E-state index contributed by atoms with van der Waals surface area (Å²) in [4.78, 5) is 5.47.